The zero-order valence-electron chi connectivity index (χ0n) is 16.4. The molecule has 4 heteroatoms. The SMILES string of the molecule is CCCc1nc(-c2ccccc2)cnc1NC(=O)CCCC1=CC=CCC=C1. The van der Waals surface area contributed by atoms with Crippen LogP contribution >= 0.6 is 0 Å². The van der Waals surface area contributed by atoms with Crippen molar-refractivity contribution in [3.8, 4) is 11.3 Å². The Morgan fingerprint density at radius 3 is 2.82 bits per heavy atom. The van der Waals surface area contributed by atoms with E-state index in [1.807, 2.05) is 30.3 Å². The lowest BCUT2D eigenvalue weighted by molar-refractivity contribution is -0.116. The smallest absolute Gasteiger partial charge is 0.225 e. The Kier molecular flexibility index (Phi) is 7.30. The number of carbonyl (C=O) groups excluding carboxylic acids is 1. The van der Waals surface area contributed by atoms with Gasteiger partial charge in [-0.25, -0.2) is 9.97 Å². The Morgan fingerprint density at radius 2 is 2.00 bits per heavy atom. The Balaban J connectivity index is 1.61. The van der Waals surface area contributed by atoms with Gasteiger partial charge in [0.1, 0.15) is 0 Å². The third-order valence-corrected chi connectivity index (χ3v) is 4.58. The number of hydrogen-bond acceptors (Lipinski definition) is 3. The molecular weight excluding hydrogens is 346 g/mol. The Morgan fingerprint density at radius 1 is 1.14 bits per heavy atom. The Bertz CT molecular complexity index is 882. The van der Waals surface area contributed by atoms with Crippen LogP contribution in [0.2, 0.25) is 0 Å². The fourth-order valence-electron chi connectivity index (χ4n) is 3.13. The summed E-state index contributed by atoms with van der Waals surface area (Å²) >= 11 is 0. The molecule has 0 atom stereocenters. The number of amides is 1. The molecule has 0 aliphatic heterocycles. The molecule has 0 radical (unpaired) electrons. The minimum Gasteiger partial charge on any atom is -0.309 e. The number of nitrogens with one attached hydrogen (secondary N) is 1. The van der Waals surface area contributed by atoms with E-state index in [9.17, 15) is 4.79 Å². The summed E-state index contributed by atoms with van der Waals surface area (Å²) < 4.78 is 0. The molecule has 0 fully saturated rings. The molecule has 4 nitrogen and oxygen atoms in total. The van der Waals surface area contributed by atoms with Gasteiger partial charge in [-0.2, -0.15) is 0 Å². The molecule has 1 aromatic carbocycles. The van der Waals surface area contributed by atoms with Gasteiger partial charge >= 0.3 is 0 Å². The first-order valence-corrected chi connectivity index (χ1v) is 9.99. The van der Waals surface area contributed by atoms with E-state index in [4.69, 9.17) is 4.98 Å². The summed E-state index contributed by atoms with van der Waals surface area (Å²) in [6, 6.07) is 9.99. The van der Waals surface area contributed by atoms with Gasteiger partial charge in [0.05, 0.1) is 17.6 Å². The van der Waals surface area contributed by atoms with Gasteiger partial charge in [-0.05, 0) is 31.3 Å². The van der Waals surface area contributed by atoms with Crippen molar-refractivity contribution in [3.05, 3.63) is 78.2 Å². The summed E-state index contributed by atoms with van der Waals surface area (Å²) in [4.78, 5) is 21.6. The number of anilines is 1. The van der Waals surface area contributed by atoms with Crippen LogP contribution in [-0.4, -0.2) is 15.9 Å². The highest BCUT2D eigenvalue weighted by molar-refractivity contribution is 5.90. The summed E-state index contributed by atoms with van der Waals surface area (Å²) in [6.07, 6.45) is 17.2. The van der Waals surface area contributed by atoms with E-state index in [0.717, 1.165) is 49.1 Å². The number of allylic oxidation sites excluding steroid dienone is 6. The number of benzene rings is 1. The van der Waals surface area contributed by atoms with Crippen molar-refractivity contribution in [1.82, 2.24) is 9.97 Å². The molecule has 1 aromatic heterocycles. The predicted molar refractivity (Wildman–Crippen MR) is 115 cm³/mol. The molecule has 3 rings (SSSR count). The topological polar surface area (TPSA) is 54.9 Å². The van der Waals surface area contributed by atoms with E-state index in [0.29, 0.717) is 12.2 Å². The lowest BCUT2D eigenvalue weighted by atomic mass is 10.1. The second-order valence-electron chi connectivity index (χ2n) is 6.88. The molecule has 0 unspecified atom stereocenters. The van der Waals surface area contributed by atoms with E-state index >= 15 is 0 Å². The summed E-state index contributed by atoms with van der Waals surface area (Å²) in [5.41, 5.74) is 3.98. The summed E-state index contributed by atoms with van der Waals surface area (Å²) in [5.74, 6) is 0.580. The molecule has 0 saturated heterocycles. The summed E-state index contributed by atoms with van der Waals surface area (Å²) in [7, 11) is 0. The fraction of sp³-hybridized carbons (Fsp3) is 0.292. The van der Waals surface area contributed by atoms with Gasteiger partial charge in [-0.15, -0.1) is 0 Å². The highest BCUT2D eigenvalue weighted by atomic mass is 16.1. The zero-order valence-corrected chi connectivity index (χ0v) is 16.4. The fourth-order valence-corrected chi connectivity index (χ4v) is 3.13. The first-order valence-electron chi connectivity index (χ1n) is 9.99. The third-order valence-electron chi connectivity index (χ3n) is 4.58. The van der Waals surface area contributed by atoms with E-state index in [-0.39, 0.29) is 5.91 Å². The Hall–Kier alpha value is -3.01. The zero-order chi connectivity index (χ0) is 19.6. The standard InChI is InChI=1S/C24H27N3O/c1-2-11-21-24(25-18-22(26-21)20-15-8-5-9-16-20)27-23(28)17-10-14-19-12-6-3-4-7-13-19/h3,5-9,12-13,15-16,18H,2,4,10-11,14,17H2,1H3,(H,25,27,28). The van der Waals surface area contributed by atoms with Crippen molar-refractivity contribution in [3.63, 3.8) is 0 Å². The summed E-state index contributed by atoms with van der Waals surface area (Å²) in [5, 5.41) is 2.96. The maximum absolute atomic E-state index is 12.4. The van der Waals surface area contributed by atoms with Crippen LogP contribution < -0.4 is 5.32 Å². The van der Waals surface area contributed by atoms with Crippen molar-refractivity contribution in [2.75, 3.05) is 5.32 Å². The second kappa shape index (κ2) is 10.4. The quantitative estimate of drug-likeness (QED) is 0.651. The molecule has 1 N–H and O–H groups in total. The predicted octanol–water partition coefficient (Wildman–Crippen LogP) is 5.65. The maximum atomic E-state index is 12.4. The molecule has 1 amide bonds. The average molecular weight is 374 g/mol. The number of hydrogen-bond donors (Lipinski definition) is 1. The van der Waals surface area contributed by atoms with Crippen LogP contribution in [0, 0.1) is 0 Å². The monoisotopic (exact) mass is 373 g/mol. The van der Waals surface area contributed by atoms with Gasteiger partial charge in [0.15, 0.2) is 5.82 Å². The summed E-state index contributed by atoms with van der Waals surface area (Å²) in [6.45, 7) is 2.10. The molecule has 28 heavy (non-hydrogen) atoms. The molecule has 0 spiro atoms. The number of nitrogens with zero attached hydrogens (tertiary/aromatic N) is 2. The molecule has 1 heterocycles. The van der Waals surface area contributed by atoms with Gasteiger partial charge in [0.2, 0.25) is 5.91 Å². The molecule has 144 valence electrons. The minimum atomic E-state index is -0.00661. The molecule has 0 saturated carbocycles. The lowest BCUT2D eigenvalue weighted by Crippen LogP contribution is -2.15. The van der Waals surface area contributed by atoms with Gasteiger partial charge in [-0.1, -0.05) is 74.1 Å². The number of carbonyl (C=O) groups is 1. The van der Waals surface area contributed by atoms with Crippen molar-refractivity contribution >= 4 is 11.7 Å². The third kappa shape index (κ3) is 5.74. The lowest BCUT2D eigenvalue weighted by Gasteiger charge is -2.11. The number of rotatable bonds is 8. The molecule has 1 aliphatic rings. The maximum Gasteiger partial charge on any atom is 0.225 e. The van der Waals surface area contributed by atoms with Crippen molar-refractivity contribution < 1.29 is 4.79 Å². The highest BCUT2D eigenvalue weighted by Gasteiger charge is 2.11. The first-order chi connectivity index (χ1) is 13.8. The van der Waals surface area contributed by atoms with Gasteiger partial charge < -0.3 is 5.32 Å². The molecular formula is C24H27N3O. The van der Waals surface area contributed by atoms with Crippen LogP contribution in [0.5, 0.6) is 0 Å². The van der Waals surface area contributed by atoms with Crippen molar-refractivity contribution in [1.29, 1.82) is 0 Å². The average Bonchev–Trinajstić information content (AvgIpc) is 2.99. The molecule has 0 bridgehead atoms. The van der Waals surface area contributed by atoms with Gasteiger partial charge in [-0.3, -0.25) is 4.79 Å². The molecule has 1 aliphatic carbocycles. The van der Waals surface area contributed by atoms with Crippen LogP contribution in [0.4, 0.5) is 5.82 Å². The first kappa shape index (κ1) is 19.7. The van der Waals surface area contributed by atoms with Crippen LogP contribution in [-0.2, 0) is 11.2 Å². The van der Waals surface area contributed by atoms with Gasteiger partial charge in [0.25, 0.3) is 0 Å². The normalized spacial score (nSPS) is 13.1. The van der Waals surface area contributed by atoms with Crippen molar-refractivity contribution in [2.24, 2.45) is 0 Å². The minimum absolute atomic E-state index is 0.00661. The van der Waals surface area contributed by atoms with Crippen LogP contribution in [0.3, 0.4) is 0 Å². The van der Waals surface area contributed by atoms with E-state index < -0.39 is 0 Å². The van der Waals surface area contributed by atoms with Crippen LogP contribution in [0.15, 0.2) is 72.5 Å². The van der Waals surface area contributed by atoms with E-state index in [2.05, 4.69) is 47.6 Å². The van der Waals surface area contributed by atoms with Crippen LogP contribution in [0.25, 0.3) is 11.3 Å². The van der Waals surface area contributed by atoms with Crippen molar-refractivity contribution in [2.45, 2.75) is 45.4 Å². The van der Waals surface area contributed by atoms with E-state index in [1.54, 1.807) is 6.20 Å². The van der Waals surface area contributed by atoms with Gasteiger partial charge in [0, 0.05) is 12.0 Å². The largest absolute Gasteiger partial charge is 0.309 e. The number of aromatic nitrogens is 2. The second-order valence-corrected chi connectivity index (χ2v) is 6.88. The highest BCUT2D eigenvalue weighted by Crippen LogP contribution is 2.21. The molecule has 2 aromatic rings. The number of aryl methyl sites for hydroxylation is 1. The Labute approximate surface area is 167 Å². The van der Waals surface area contributed by atoms with E-state index in [1.165, 1.54) is 5.57 Å². The van der Waals surface area contributed by atoms with Crippen LogP contribution in [0.1, 0.15) is 44.7 Å².